The molecule has 2 saturated carbocycles. The van der Waals surface area contributed by atoms with Crippen LogP contribution in [0.3, 0.4) is 0 Å². The van der Waals surface area contributed by atoms with E-state index in [1.807, 2.05) is 12.1 Å². The fraction of sp³-hybridized carbons (Fsp3) is 0.333. The predicted octanol–water partition coefficient (Wildman–Crippen LogP) is 3.34. The molecule has 2 aromatic carbocycles. The average molecular weight is 332 g/mol. The highest BCUT2D eigenvalue weighted by Gasteiger charge is 2.40. The molecule has 2 amide bonds. The fourth-order valence-corrected chi connectivity index (χ4v) is 3.72. The lowest BCUT2D eigenvalue weighted by atomic mass is 10.1. The van der Waals surface area contributed by atoms with E-state index in [0.717, 1.165) is 12.5 Å². The highest BCUT2D eigenvalue weighted by molar-refractivity contribution is 6.34. The third kappa shape index (κ3) is 2.57. The van der Waals surface area contributed by atoms with Gasteiger partial charge in [0, 0.05) is 12.0 Å². The second-order valence-corrected chi connectivity index (χ2v) is 7.38. The van der Waals surface area contributed by atoms with Gasteiger partial charge in [-0.3, -0.25) is 9.59 Å². The van der Waals surface area contributed by atoms with E-state index in [0.29, 0.717) is 28.8 Å². The molecule has 0 unspecified atom stereocenters. The Balaban J connectivity index is 1.31. The van der Waals surface area contributed by atoms with Crippen molar-refractivity contribution in [2.45, 2.75) is 31.2 Å². The Morgan fingerprint density at radius 1 is 0.920 bits per heavy atom. The van der Waals surface area contributed by atoms with Gasteiger partial charge < -0.3 is 5.32 Å². The molecule has 0 spiro atoms. The quantitative estimate of drug-likeness (QED) is 0.854. The molecular weight excluding hydrogens is 312 g/mol. The van der Waals surface area contributed by atoms with E-state index in [9.17, 15) is 9.59 Å². The van der Waals surface area contributed by atoms with E-state index in [1.54, 1.807) is 24.3 Å². The van der Waals surface area contributed by atoms with Crippen LogP contribution in [0.15, 0.2) is 48.5 Å². The third-order valence-electron chi connectivity index (χ3n) is 5.53. The van der Waals surface area contributed by atoms with Crippen molar-refractivity contribution in [3.8, 4) is 0 Å². The van der Waals surface area contributed by atoms with Crippen molar-refractivity contribution >= 4 is 17.5 Å². The van der Waals surface area contributed by atoms with Crippen molar-refractivity contribution < 1.29 is 9.59 Å². The first-order valence-electron chi connectivity index (χ1n) is 9.03. The van der Waals surface area contributed by atoms with Gasteiger partial charge in [0.2, 0.25) is 0 Å². The lowest BCUT2D eigenvalue weighted by Crippen LogP contribution is -2.29. The van der Waals surface area contributed by atoms with Crippen molar-refractivity contribution in [2.24, 2.45) is 5.92 Å². The maximum Gasteiger partial charge on any atom is 0.266 e. The van der Waals surface area contributed by atoms with Crippen LogP contribution in [0.25, 0.3) is 0 Å². The summed E-state index contributed by atoms with van der Waals surface area (Å²) in [6, 6.07) is 15.5. The van der Waals surface area contributed by atoms with E-state index in [1.165, 1.54) is 29.7 Å². The van der Waals surface area contributed by atoms with Crippen molar-refractivity contribution in [3.63, 3.8) is 0 Å². The minimum absolute atomic E-state index is 0.233. The van der Waals surface area contributed by atoms with Gasteiger partial charge in [0.05, 0.1) is 16.8 Å². The number of fused-ring (bicyclic) bond motifs is 1. The normalized spacial score (nSPS) is 24.6. The first-order chi connectivity index (χ1) is 12.2. The first-order valence-corrected chi connectivity index (χ1v) is 9.03. The van der Waals surface area contributed by atoms with Crippen LogP contribution < -0.4 is 10.2 Å². The van der Waals surface area contributed by atoms with E-state index >= 15 is 0 Å². The van der Waals surface area contributed by atoms with Gasteiger partial charge >= 0.3 is 0 Å². The molecule has 25 heavy (non-hydrogen) atoms. The van der Waals surface area contributed by atoms with Crippen LogP contribution in [-0.2, 0) is 0 Å². The maximum atomic E-state index is 12.5. The molecule has 4 heteroatoms. The van der Waals surface area contributed by atoms with Gasteiger partial charge in [-0.1, -0.05) is 24.3 Å². The summed E-state index contributed by atoms with van der Waals surface area (Å²) in [5.41, 5.74) is 2.91. The van der Waals surface area contributed by atoms with Crippen molar-refractivity contribution in [2.75, 3.05) is 11.4 Å². The molecule has 0 saturated heterocycles. The number of carbonyl (C=O) groups is 2. The SMILES string of the molecule is O=C1c2ccccc2C(=O)N1c1ccc([C@@H]2C[C@H]2NCC2CC2)cc1. The molecule has 2 fully saturated rings. The molecule has 1 heterocycles. The van der Waals surface area contributed by atoms with Gasteiger partial charge in [0.1, 0.15) is 0 Å². The molecule has 2 aromatic rings. The topological polar surface area (TPSA) is 49.4 Å². The zero-order chi connectivity index (χ0) is 17.0. The van der Waals surface area contributed by atoms with Crippen molar-refractivity contribution in [3.05, 3.63) is 65.2 Å². The van der Waals surface area contributed by atoms with Gasteiger partial charge in [0.25, 0.3) is 11.8 Å². The minimum Gasteiger partial charge on any atom is -0.313 e. The molecule has 0 bridgehead atoms. The Labute approximate surface area is 146 Å². The molecule has 2 aliphatic carbocycles. The van der Waals surface area contributed by atoms with E-state index in [-0.39, 0.29) is 11.8 Å². The zero-order valence-corrected chi connectivity index (χ0v) is 13.9. The number of nitrogens with zero attached hydrogens (tertiary/aromatic N) is 1. The zero-order valence-electron chi connectivity index (χ0n) is 13.9. The van der Waals surface area contributed by atoms with Gasteiger partial charge in [0.15, 0.2) is 0 Å². The Morgan fingerprint density at radius 3 is 2.16 bits per heavy atom. The molecule has 1 aliphatic heterocycles. The highest BCUT2D eigenvalue weighted by Crippen LogP contribution is 2.42. The average Bonchev–Trinajstić information content (AvgIpc) is 3.55. The number of imide groups is 1. The molecule has 2 atom stereocenters. The Morgan fingerprint density at radius 2 is 1.56 bits per heavy atom. The summed E-state index contributed by atoms with van der Waals surface area (Å²) in [6.07, 6.45) is 3.93. The number of hydrogen-bond acceptors (Lipinski definition) is 3. The lowest BCUT2D eigenvalue weighted by Gasteiger charge is -2.14. The largest absolute Gasteiger partial charge is 0.313 e. The summed E-state index contributed by atoms with van der Waals surface area (Å²) < 4.78 is 0. The second-order valence-electron chi connectivity index (χ2n) is 7.38. The summed E-state index contributed by atoms with van der Waals surface area (Å²) >= 11 is 0. The van der Waals surface area contributed by atoms with Crippen LogP contribution in [0.2, 0.25) is 0 Å². The maximum absolute atomic E-state index is 12.5. The number of carbonyl (C=O) groups excluding carboxylic acids is 2. The van der Waals surface area contributed by atoms with E-state index in [2.05, 4.69) is 17.4 Å². The monoisotopic (exact) mass is 332 g/mol. The Kier molecular flexibility index (Phi) is 3.28. The fourth-order valence-electron chi connectivity index (χ4n) is 3.72. The van der Waals surface area contributed by atoms with Crippen LogP contribution in [-0.4, -0.2) is 24.4 Å². The second kappa shape index (κ2) is 5.53. The summed E-state index contributed by atoms with van der Waals surface area (Å²) in [5.74, 6) is 1.000. The van der Waals surface area contributed by atoms with Crippen LogP contribution in [0.1, 0.15) is 51.5 Å². The van der Waals surface area contributed by atoms with Crippen LogP contribution >= 0.6 is 0 Å². The van der Waals surface area contributed by atoms with Crippen LogP contribution in [0.4, 0.5) is 5.69 Å². The predicted molar refractivity (Wildman–Crippen MR) is 95.9 cm³/mol. The van der Waals surface area contributed by atoms with Crippen LogP contribution in [0, 0.1) is 5.92 Å². The van der Waals surface area contributed by atoms with Crippen molar-refractivity contribution in [1.82, 2.24) is 5.32 Å². The van der Waals surface area contributed by atoms with Crippen molar-refractivity contribution in [1.29, 1.82) is 0 Å². The molecule has 0 radical (unpaired) electrons. The van der Waals surface area contributed by atoms with Gasteiger partial charge in [-0.25, -0.2) is 4.90 Å². The van der Waals surface area contributed by atoms with Crippen LogP contribution in [0.5, 0.6) is 0 Å². The minimum atomic E-state index is -0.233. The molecule has 1 N–H and O–H groups in total. The van der Waals surface area contributed by atoms with Gasteiger partial charge in [-0.05, 0) is 61.6 Å². The van der Waals surface area contributed by atoms with Gasteiger partial charge in [-0.2, -0.15) is 0 Å². The smallest absolute Gasteiger partial charge is 0.266 e. The van der Waals surface area contributed by atoms with E-state index in [4.69, 9.17) is 0 Å². The number of amides is 2. The third-order valence-corrected chi connectivity index (χ3v) is 5.53. The lowest BCUT2D eigenvalue weighted by molar-refractivity contribution is 0.0926. The number of benzene rings is 2. The number of hydrogen-bond donors (Lipinski definition) is 1. The summed E-state index contributed by atoms with van der Waals surface area (Å²) in [4.78, 5) is 26.4. The van der Waals surface area contributed by atoms with E-state index < -0.39 is 0 Å². The molecule has 5 rings (SSSR count). The summed E-state index contributed by atoms with van der Waals surface area (Å²) in [6.45, 7) is 1.15. The summed E-state index contributed by atoms with van der Waals surface area (Å²) in [5, 5.41) is 3.64. The highest BCUT2D eigenvalue weighted by atomic mass is 16.2. The molecule has 3 aliphatic rings. The Hall–Kier alpha value is -2.46. The standard InChI is InChI=1S/C21H20N2O2/c24-20-16-3-1-2-4-17(16)21(25)23(20)15-9-7-14(8-10-15)18-11-19(18)22-12-13-5-6-13/h1-4,7-10,13,18-19,22H,5-6,11-12H2/t18-,19+/m0/s1. The number of rotatable bonds is 5. The molecular formula is C21H20N2O2. The summed E-state index contributed by atoms with van der Waals surface area (Å²) in [7, 11) is 0. The molecule has 4 nitrogen and oxygen atoms in total. The first kappa shape index (κ1) is 14.8. The Bertz CT molecular complexity index is 819. The molecule has 0 aromatic heterocycles. The number of nitrogens with one attached hydrogen (secondary N) is 1. The molecule has 126 valence electrons. The number of anilines is 1. The van der Waals surface area contributed by atoms with Gasteiger partial charge in [-0.15, -0.1) is 0 Å².